The maximum atomic E-state index is 11.7. The zero-order valence-electron chi connectivity index (χ0n) is 9.54. The largest absolute Gasteiger partial charge is 0.346 e. The van der Waals surface area contributed by atoms with Crippen LogP contribution in [0.1, 0.15) is 16.1 Å². The van der Waals surface area contributed by atoms with Gasteiger partial charge < -0.3 is 10.3 Å². The van der Waals surface area contributed by atoms with E-state index in [1.54, 1.807) is 6.07 Å². The Balaban J connectivity index is 2.16. The van der Waals surface area contributed by atoms with Crippen LogP contribution in [-0.4, -0.2) is 26.0 Å². The second kappa shape index (κ2) is 5.12. The molecule has 0 aliphatic rings. The molecule has 0 radical (unpaired) electrons. The number of nitrogens with zero attached hydrogens (tertiary/aromatic N) is 2. The molecule has 19 heavy (non-hydrogen) atoms. The Hall–Kier alpha value is -2.97. The van der Waals surface area contributed by atoms with Crippen LogP contribution in [0.3, 0.4) is 0 Å². The summed E-state index contributed by atoms with van der Waals surface area (Å²) in [4.78, 5) is 35.2. The summed E-state index contributed by atoms with van der Waals surface area (Å²) in [5, 5.41) is 19.3. The van der Waals surface area contributed by atoms with E-state index in [4.69, 9.17) is 0 Å². The lowest BCUT2D eigenvalue weighted by Gasteiger charge is -2.02. The Kier molecular flexibility index (Phi) is 3.37. The average molecular weight is 263 g/mol. The summed E-state index contributed by atoms with van der Waals surface area (Å²) in [6.45, 7) is 0.140. The first-order valence-corrected chi connectivity index (χ1v) is 5.21. The van der Waals surface area contributed by atoms with Crippen LogP contribution in [0.15, 0.2) is 29.3 Å². The molecule has 3 N–H and O–H groups in total. The summed E-state index contributed by atoms with van der Waals surface area (Å²) in [5.41, 5.74) is -0.706. The normalized spacial score (nSPS) is 10.1. The van der Waals surface area contributed by atoms with Gasteiger partial charge in [0.15, 0.2) is 0 Å². The molecule has 0 aliphatic heterocycles. The number of hydrogen-bond donors (Lipinski definition) is 3. The van der Waals surface area contributed by atoms with Crippen LogP contribution in [0.4, 0.5) is 5.69 Å². The van der Waals surface area contributed by atoms with Crippen LogP contribution in [0.25, 0.3) is 0 Å². The number of carbonyl (C=O) groups is 1. The highest BCUT2D eigenvalue weighted by molar-refractivity contribution is 5.94. The van der Waals surface area contributed by atoms with E-state index in [0.717, 1.165) is 12.3 Å². The summed E-state index contributed by atoms with van der Waals surface area (Å²) in [6, 6.07) is 2.58. The lowest BCUT2D eigenvalue weighted by molar-refractivity contribution is -0.385. The van der Waals surface area contributed by atoms with E-state index in [1.165, 1.54) is 6.20 Å². The van der Waals surface area contributed by atoms with Gasteiger partial charge >= 0.3 is 0 Å². The molecule has 9 nitrogen and oxygen atoms in total. The Morgan fingerprint density at radius 3 is 2.95 bits per heavy atom. The van der Waals surface area contributed by atoms with Gasteiger partial charge in [0.25, 0.3) is 17.2 Å². The number of amides is 1. The van der Waals surface area contributed by atoms with Crippen LogP contribution in [0, 0.1) is 10.1 Å². The minimum Gasteiger partial charge on any atom is -0.346 e. The monoisotopic (exact) mass is 263 g/mol. The van der Waals surface area contributed by atoms with Gasteiger partial charge in [0.1, 0.15) is 5.56 Å². The molecular formula is C10H9N5O4. The van der Waals surface area contributed by atoms with Crippen molar-refractivity contribution in [2.75, 3.05) is 0 Å². The highest BCUT2D eigenvalue weighted by atomic mass is 16.6. The molecule has 0 atom stereocenters. The number of H-pyrrole nitrogens is 2. The van der Waals surface area contributed by atoms with Crippen molar-refractivity contribution in [2.24, 2.45) is 0 Å². The number of nitro groups is 1. The molecule has 0 fully saturated rings. The fraction of sp³-hybridized carbons (Fsp3) is 0.100. The second-order valence-electron chi connectivity index (χ2n) is 3.62. The molecule has 0 spiro atoms. The zero-order chi connectivity index (χ0) is 13.8. The van der Waals surface area contributed by atoms with Gasteiger partial charge in [-0.1, -0.05) is 0 Å². The predicted octanol–water partition coefficient (Wildman–Crippen LogP) is -0.0638. The first-order valence-electron chi connectivity index (χ1n) is 5.21. The van der Waals surface area contributed by atoms with Crippen molar-refractivity contribution in [3.05, 3.63) is 56.3 Å². The van der Waals surface area contributed by atoms with E-state index >= 15 is 0 Å². The third-order valence-corrected chi connectivity index (χ3v) is 2.34. The zero-order valence-corrected chi connectivity index (χ0v) is 9.54. The fourth-order valence-corrected chi connectivity index (χ4v) is 1.40. The van der Waals surface area contributed by atoms with Crippen molar-refractivity contribution >= 4 is 11.6 Å². The Bertz CT molecular complexity index is 661. The smallest absolute Gasteiger partial charge is 0.286 e. The standard InChI is InChI=1S/C10H9N5O4/c16-9(11-4-6-1-2-13-14-6)8-3-7(15(18)19)5-12-10(8)17/h1-3,5H,4H2,(H,11,16)(H,12,17)(H,13,14). The molecule has 0 unspecified atom stereocenters. The first kappa shape index (κ1) is 12.5. The summed E-state index contributed by atoms with van der Waals surface area (Å²) in [6.07, 6.45) is 2.45. The van der Waals surface area contributed by atoms with Crippen LogP contribution < -0.4 is 10.9 Å². The average Bonchev–Trinajstić information content (AvgIpc) is 2.89. The fourth-order valence-electron chi connectivity index (χ4n) is 1.40. The van der Waals surface area contributed by atoms with Gasteiger partial charge in [-0.2, -0.15) is 5.10 Å². The second-order valence-corrected chi connectivity index (χ2v) is 3.62. The highest BCUT2D eigenvalue weighted by Crippen LogP contribution is 2.08. The molecule has 0 saturated carbocycles. The maximum absolute atomic E-state index is 11.7. The van der Waals surface area contributed by atoms with E-state index in [9.17, 15) is 19.7 Å². The number of rotatable bonds is 4. The van der Waals surface area contributed by atoms with E-state index in [-0.39, 0.29) is 17.8 Å². The third kappa shape index (κ3) is 2.83. The van der Waals surface area contributed by atoms with Gasteiger partial charge in [0, 0.05) is 12.3 Å². The molecule has 2 aromatic heterocycles. The van der Waals surface area contributed by atoms with Crippen molar-refractivity contribution in [3.8, 4) is 0 Å². The van der Waals surface area contributed by atoms with Crippen LogP contribution in [0.2, 0.25) is 0 Å². The van der Waals surface area contributed by atoms with E-state index in [0.29, 0.717) is 5.69 Å². The molecular weight excluding hydrogens is 254 g/mol. The van der Waals surface area contributed by atoms with Gasteiger partial charge in [0.05, 0.1) is 23.4 Å². The molecule has 98 valence electrons. The number of carbonyl (C=O) groups excluding carboxylic acids is 1. The minimum atomic E-state index is -0.695. The SMILES string of the molecule is O=C(NCc1ccn[nH]1)c1cc([N+](=O)[O-])c[nH]c1=O. The summed E-state index contributed by atoms with van der Waals surface area (Å²) in [7, 11) is 0. The predicted molar refractivity (Wildman–Crippen MR) is 63.5 cm³/mol. The Labute approximate surface area is 105 Å². The van der Waals surface area contributed by atoms with Crippen LogP contribution in [-0.2, 0) is 6.54 Å². The number of hydrogen-bond acceptors (Lipinski definition) is 5. The highest BCUT2D eigenvalue weighted by Gasteiger charge is 2.15. The van der Waals surface area contributed by atoms with Crippen molar-refractivity contribution in [1.29, 1.82) is 0 Å². The molecule has 9 heteroatoms. The van der Waals surface area contributed by atoms with Gasteiger partial charge in [-0.25, -0.2) is 0 Å². The van der Waals surface area contributed by atoms with Gasteiger partial charge in [-0.3, -0.25) is 24.8 Å². The van der Waals surface area contributed by atoms with Gasteiger partial charge in [0.2, 0.25) is 0 Å². The molecule has 0 aliphatic carbocycles. The Morgan fingerprint density at radius 1 is 1.53 bits per heavy atom. The quantitative estimate of drug-likeness (QED) is 0.524. The molecule has 1 amide bonds. The molecule has 2 heterocycles. The van der Waals surface area contributed by atoms with Crippen molar-refractivity contribution < 1.29 is 9.72 Å². The summed E-state index contributed by atoms with van der Waals surface area (Å²) < 4.78 is 0. The van der Waals surface area contributed by atoms with Crippen LogP contribution in [0.5, 0.6) is 0 Å². The third-order valence-electron chi connectivity index (χ3n) is 2.34. The topological polar surface area (TPSA) is 134 Å². The minimum absolute atomic E-state index is 0.140. The van der Waals surface area contributed by atoms with E-state index in [2.05, 4.69) is 20.5 Å². The first-order chi connectivity index (χ1) is 9.08. The van der Waals surface area contributed by atoms with Crippen molar-refractivity contribution in [3.63, 3.8) is 0 Å². The number of aromatic nitrogens is 3. The molecule has 0 saturated heterocycles. The molecule has 2 rings (SSSR count). The molecule has 0 aromatic carbocycles. The number of pyridine rings is 1. The maximum Gasteiger partial charge on any atom is 0.286 e. The number of aromatic amines is 2. The van der Waals surface area contributed by atoms with Crippen molar-refractivity contribution in [1.82, 2.24) is 20.5 Å². The Morgan fingerprint density at radius 2 is 2.32 bits per heavy atom. The lowest BCUT2D eigenvalue weighted by atomic mass is 10.2. The van der Waals surface area contributed by atoms with Gasteiger partial charge in [-0.05, 0) is 6.07 Å². The molecule has 0 bridgehead atoms. The molecule has 2 aromatic rings. The van der Waals surface area contributed by atoms with Crippen molar-refractivity contribution in [2.45, 2.75) is 6.54 Å². The van der Waals surface area contributed by atoms with Gasteiger partial charge in [-0.15, -0.1) is 0 Å². The van der Waals surface area contributed by atoms with Crippen LogP contribution >= 0.6 is 0 Å². The summed E-state index contributed by atoms with van der Waals surface area (Å²) >= 11 is 0. The lowest BCUT2D eigenvalue weighted by Crippen LogP contribution is -2.29. The number of nitrogens with one attached hydrogen (secondary N) is 3. The van der Waals surface area contributed by atoms with E-state index in [1.807, 2.05) is 0 Å². The summed E-state index contributed by atoms with van der Waals surface area (Å²) in [5.74, 6) is -0.695. The van der Waals surface area contributed by atoms with E-state index < -0.39 is 16.4 Å².